The summed E-state index contributed by atoms with van der Waals surface area (Å²) in [6.07, 6.45) is 3.66. The first-order valence-electron chi connectivity index (χ1n) is 16.0. The molecule has 2 aromatic heterocycles. The molecule has 0 saturated heterocycles. The first kappa shape index (κ1) is 27.8. The molecule has 0 atom stereocenters. The van der Waals surface area contributed by atoms with Crippen LogP contribution < -0.4 is 0 Å². The summed E-state index contributed by atoms with van der Waals surface area (Å²) >= 11 is 0. The number of benzene rings is 7. The van der Waals surface area contributed by atoms with Gasteiger partial charge in [0.1, 0.15) is 0 Å². The highest BCUT2D eigenvalue weighted by Crippen LogP contribution is 2.37. The third-order valence-electron chi connectivity index (χ3n) is 9.03. The fraction of sp³-hybridized carbons (Fsp3) is 0. The Balaban J connectivity index is 1.11. The minimum absolute atomic E-state index is 0.634. The molecule has 0 N–H and O–H groups in total. The van der Waals surface area contributed by atoms with Crippen molar-refractivity contribution < 1.29 is 0 Å². The van der Waals surface area contributed by atoms with Crippen molar-refractivity contribution in [2.24, 2.45) is 0 Å². The Morgan fingerprint density at radius 2 is 0.667 bits per heavy atom. The van der Waals surface area contributed by atoms with E-state index in [1.807, 2.05) is 42.6 Å². The van der Waals surface area contributed by atoms with Gasteiger partial charge in [-0.3, -0.25) is 4.98 Å². The quantitative estimate of drug-likeness (QED) is 0.181. The average molecular weight is 613 g/mol. The Labute approximate surface area is 278 Å². The standard InChI is InChI=1S/C44H28N4/c1-2-9-31(10-3-1)42-46-43(48-44(47-42)33-22-18-30(19-23-33)35-11-8-26-45-28-35)32-20-16-29(17-21-32)34-24-25-40-38-14-5-4-12-36(38)37-13-6-7-15-39(37)41(40)27-34/h1-28H. The van der Waals surface area contributed by atoms with Gasteiger partial charge in [-0.05, 0) is 66.7 Å². The molecule has 9 rings (SSSR count). The summed E-state index contributed by atoms with van der Waals surface area (Å²) in [7, 11) is 0. The molecule has 0 saturated carbocycles. The average Bonchev–Trinajstić information content (AvgIpc) is 3.18. The van der Waals surface area contributed by atoms with Crippen molar-refractivity contribution in [3.63, 3.8) is 0 Å². The van der Waals surface area contributed by atoms with Gasteiger partial charge in [0.05, 0.1) is 0 Å². The second-order valence-electron chi connectivity index (χ2n) is 11.9. The van der Waals surface area contributed by atoms with Crippen molar-refractivity contribution in [1.29, 1.82) is 0 Å². The van der Waals surface area contributed by atoms with Crippen molar-refractivity contribution in [2.45, 2.75) is 0 Å². The minimum Gasteiger partial charge on any atom is -0.264 e. The van der Waals surface area contributed by atoms with Crippen LogP contribution in [-0.2, 0) is 0 Å². The van der Waals surface area contributed by atoms with Crippen LogP contribution in [0.3, 0.4) is 0 Å². The molecule has 48 heavy (non-hydrogen) atoms. The number of aromatic nitrogens is 4. The van der Waals surface area contributed by atoms with Crippen LogP contribution >= 0.6 is 0 Å². The lowest BCUT2D eigenvalue weighted by Crippen LogP contribution is -2.00. The summed E-state index contributed by atoms with van der Waals surface area (Å²) in [6.45, 7) is 0. The van der Waals surface area contributed by atoms with E-state index in [-0.39, 0.29) is 0 Å². The van der Waals surface area contributed by atoms with Gasteiger partial charge in [-0.2, -0.15) is 0 Å². The molecule has 2 heterocycles. The molecule has 0 aliphatic heterocycles. The van der Waals surface area contributed by atoms with Crippen molar-refractivity contribution in [1.82, 2.24) is 19.9 Å². The van der Waals surface area contributed by atoms with Crippen LogP contribution in [0.25, 0.3) is 88.7 Å². The zero-order valence-electron chi connectivity index (χ0n) is 26.0. The largest absolute Gasteiger partial charge is 0.264 e. The molecule has 0 aliphatic rings. The Kier molecular flexibility index (Phi) is 6.76. The molecule has 0 radical (unpaired) electrons. The van der Waals surface area contributed by atoms with Crippen molar-refractivity contribution >= 4 is 32.3 Å². The van der Waals surface area contributed by atoms with Gasteiger partial charge in [0.15, 0.2) is 17.5 Å². The van der Waals surface area contributed by atoms with E-state index in [2.05, 4.69) is 126 Å². The monoisotopic (exact) mass is 612 g/mol. The van der Waals surface area contributed by atoms with E-state index in [1.54, 1.807) is 6.20 Å². The van der Waals surface area contributed by atoms with E-state index < -0.39 is 0 Å². The molecule has 0 bridgehead atoms. The normalized spacial score (nSPS) is 11.3. The number of pyridine rings is 1. The third kappa shape index (κ3) is 4.97. The van der Waals surface area contributed by atoms with Gasteiger partial charge in [-0.15, -0.1) is 0 Å². The SMILES string of the molecule is c1ccc(-c2nc(-c3ccc(-c4cccnc4)cc3)nc(-c3ccc(-c4ccc5c6ccccc6c6ccccc6c5c4)cc3)n2)cc1. The van der Waals surface area contributed by atoms with Crippen LogP contribution in [-0.4, -0.2) is 19.9 Å². The number of nitrogens with zero attached hydrogens (tertiary/aromatic N) is 4. The Morgan fingerprint density at radius 1 is 0.271 bits per heavy atom. The van der Waals surface area contributed by atoms with Crippen LogP contribution in [0.15, 0.2) is 170 Å². The van der Waals surface area contributed by atoms with E-state index in [1.165, 1.54) is 37.9 Å². The van der Waals surface area contributed by atoms with E-state index in [0.29, 0.717) is 17.5 Å². The maximum absolute atomic E-state index is 4.97. The molecular formula is C44H28N4. The number of rotatable bonds is 5. The molecule has 0 aliphatic carbocycles. The summed E-state index contributed by atoms with van der Waals surface area (Å²) < 4.78 is 0. The van der Waals surface area contributed by atoms with E-state index >= 15 is 0 Å². The van der Waals surface area contributed by atoms with Crippen LogP contribution in [0.4, 0.5) is 0 Å². The van der Waals surface area contributed by atoms with Gasteiger partial charge in [0.25, 0.3) is 0 Å². The van der Waals surface area contributed by atoms with Gasteiger partial charge < -0.3 is 0 Å². The fourth-order valence-corrected chi connectivity index (χ4v) is 6.59. The van der Waals surface area contributed by atoms with Crippen LogP contribution in [0.1, 0.15) is 0 Å². The summed E-state index contributed by atoms with van der Waals surface area (Å²) in [6, 6.07) is 55.1. The molecule has 0 spiro atoms. The first-order valence-corrected chi connectivity index (χ1v) is 16.0. The van der Waals surface area contributed by atoms with Crippen LogP contribution in [0, 0.1) is 0 Å². The van der Waals surface area contributed by atoms with E-state index in [0.717, 1.165) is 33.4 Å². The van der Waals surface area contributed by atoms with Gasteiger partial charge in [-0.1, -0.05) is 146 Å². The number of hydrogen-bond donors (Lipinski definition) is 0. The predicted molar refractivity (Wildman–Crippen MR) is 197 cm³/mol. The number of hydrogen-bond acceptors (Lipinski definition) is 4. The third-order valence-corrected chi connectivity index (χ3v) is 9.03. The van der Waals surface area contributed by atoms with Crippen molar-refractivity contribution in [3.8, 4) is 56.4 Å². The molecule has 7 aromatic carbocycles. The van der Waals surface area contributed by atoms with Crippen molar-refractivity contribution in [3.05, 3.63) is 170 Å². The Bertz CT molecular complexity index is 2540. The summed E-state index contributed by atoms with van der Waals surface area (Å²) in [5.41, 5.74) is 7.28. The second kappa shape index (κ2) is 11.7. The fourth-order valence-electron chi connectivity index (χ4n) is 6.59. The second-order valence-corrected chi connectivity index (χ2v) is 11.9. The summed E-state index contributed by atoms with van der Waals surface area (Å²) in [5.74, 6) is 1.91. The van der Waals surface area contributed by atoms with Crippen LogP contribution in [0.2, 0.25) is 0 Å². The molecule has 4 nitrogen and oxygen atoms in total. The zero-order valence-corrected chi connectivity index (χ0v) is 26.0. The lowest BCUT2D eigenvalue weighted by atomic mass is 9.92. The molecule has 224 valence electrons. The molecule has 0 unspecified atom stereocenters. The maximum atomic E-state index is 4.97. The highest BCUT2D eigenvalue weighted by atomic mass is 15.0. The smallest absolute Gasteiger partial charge is 0.164 e. The topological polar surface area (TPSA) is 51.6 Å². The first-order chi connectivity index (χ1) is 23.8. The molecule has 4 heteroatoms. The van der Waals surface area contributed by atoms with Crippen LogP contribution in [0.5, 0.6) is 0 Å². The lowest BCUT2D eigenvalue weighted by Gasteiger charge is -2.12. The highest BCUT2D eigenvalue weighted by Gasteiger charge is 2.14. The van der Waals surface area contributed by atoms with Gasteiger partial charge in [0.2, 0.25) is 0 Å². The maximum Gasteiger partial charge on any atom is 0.164 e. The van der Waals surface area contributed by atoms with Gasteiger partial charge in [-0.25, -0.2) is 15.0 Å². The highest BCUT2D eigenvalue weighted by molar-refractivity contribution is 6.25. The van der Waals surface area contributed by atoms with Gasteiger partial charge in [0, 0.05) is 29.1 Å². The minimum atomic E-state index is 0.634. The summed E-state index contributed by atoms with van der Waals surface area (Å²) in [5, 5.41) is 7.64. The summed E-state index contributed by atoms with van der Waals surface area (Å²) in [4.78, 5) is 19.1. The molecule has 0 fully saturated rings. The molecular weight excluding hydrogens is 585 g/mol. The Hall–Kier alpha value is -6.52. The van der Waals surface area contributed by atoms with E-state index in [4.69, 9.17) is 15.0 Å². The Morgan fingerprint density at radius 3 is 1.19 bits per heavy atom. The zero-order chi connectivity index (χ0) is 31.9. The lowest BCUT2D eigenvalue weighted by molar-refractivity contribution is 1.07. The molecule has 9 aromatic rings. The van der Waals surface area contributed by atoms with Gasteiger partial charge >= 0.3 is 0 Å². The number of fused-ring (bicyclic) bond motifs is 6. The van der Waals surface area contributed by atoms with Crippen molar-refractivity contribution in [2.75, 3.05) is 0 Å². The predicted octanol–water partition coefficient (Wildman–Crippen LogP) is 11.1. The molecule has 0 amide bonds. The van der Waals surface area contributed by atoms with E-state index in [9.17, 15) is 0 Å².